The molecule has 0 bridgehead atoms. The van der Waals surface area contributed by atoms with E-state index in [0.29, 0.717) is 22.6 Å². The molecule has 3 aliphatic heterocycles. The number of oxazole rings is 1. The molecule has 2 aromatic heterocycles. The third-order valence-electron chi connectivity index (χ3n) is 6.98. The van der Waals surface area contributed by atoms with Gasteiger partial charge in [-0.25, -0.2) is 18.4 Å². The highest BCUT2D eigenvalue weighted by molar-refractivity contribution is 7.89. The smallest absolute Gasteiger partial charge is 0.256 e. The largest absolute Gasteiger partial charge is 0.499 e. The minimum Gasteiger partial charge on any atom is -0.499 e. The Kier molecular flexibility index (Phi) is 5.76. The number of aromatic nitrogens is 2. The van der Waals surface area contributed by atoms with Gasteiger partial charge in [0, 0.05) is 55.5 Å². The Balaban J connectivity index is 1.15. The molecule has 0 saturated heterocycles. The molecule has 0 fully saturated rings. The minimum atomic E-state index is -4.02. The number of nitrogens with zero attached hydrogens (tertiary/aromatic N) is 4. The van der Waals surface area contributed by atoms with Gasteiger partial charge in [0.15, 0.2) is 23.3 Å². The van der Waals surface area contributed by atoms with Gasteiger partial charge in [0.2, 0.25) is 10.0 Å². The molecule has 0 aliphatic carbocycles. The number of aliphatic hydroxyl groups is 1. The second-order valence-corrected chi connectivity index (χ2v) is 11.7. The van der Waals surface area contributed by atoms with Crippen molar-refractivity contribution in [2.24, 2.45) is 0 Å². The van der Waals surface area contributed by atoms with Crippen molar-refractivity contribution in [3.8, 4) is 11.6 Å². The highest BCUT2D eigenvalue weighted by atomic mass is 32.2. The lowest BCUT2D eigenvalue weighted by molar-refractivity contribution is -0.139. The van der Waals surface area contributed by atoms with E-state index in [1.54, 1.807) is 25.1 Å². The number of pyridine rings is 1. The van der Waals surface area contributed by atoms with Crippen molar-refractivity contribution in [1.29, 1.82) is 0 Å². The van der Waals surface area contributed by atoms with Crippen molar-refractivity contribution >= 4 is 58.4 Å². The van der Waals surface area contributed by atoms with Gasteiger partial charge < -0.3 is 23.9 Å². The van der Waals surface area contributed by atoms with E-state index in [1.165, 1.54) is 15.3 Å². The van der Waals surface area contributed by atoms with Crippen LogP contribution in [0, 0.1) is 6.92 Å². The number of para-hydroxylation sites is 1. The summed E-state index contributed by atoms with van der Waals surface area (Å²) >= 11 is 0. The fourth-order valence-corrected chi connectivity index (χ4v) is 6.23. The van der Waals surface area contributed by atoms with Gasteiger partial charge in [0.05, 0.1) is 6.20 Å². The Hall–Kier alpha value is -3.22. The van der Waals surface area contributed by atoms with Crippen molar-refractivity contribution in [2.75, 3.05) is 26.2 Å². The van der Waals surface area contributed by atoms with Crippen molar-refractivity contribution in [3.63, 3.8) is 0 Å². The molecule has 1 unspecified atom stereocenters. The monoisotopic (exact) mass is 538 g/mol. The topological polar surface area (TPSA) is 135 Å². The molecule has 8 radical (unpaired) electrons. The summed E-state index contributed by atoms with van der Waals surface area (Å²) in [7, 11) is 18.9. The van der Waals surface area contributed by atoms with Gasteiger partial charge >= 0.3 is 0 Å². The summed E-state index contributed by atoms with van der Waals surface area (Å²) < 4.78 is 44.2. The Morgan fingerprint density at radius 1 is 1.08 bits per heavy atom. The molecule has 6 rings (SSSR count). The van der Waals surface area contributed by atoms with Crippen molar-refractivity contribution in [1.82, 2.24) is 19.2 Å². The van der Waals surface area contributed by atoms with E-state index in [0.717, 1.165) is 17.3 Å². The first-order chi connectivity index (χ1) is 18.3. The van der Waals surface area contributed by atoms with E-state index in [2.05, 4.69) is 9.97 Å². The van der Waals surface area contributed by atoms with Crippen LogP contribution in [0.3, 0.4) is 0 Å². The second kappa shape index (κ2) is 8.64. The Bertz CT molecular complexity index is 1660. The summed E-state index contributed by atoms with van der Waals surface area (Å²) in [5.41, 5.74) is 2.80. The number of aliphatic hydroxyl groups excluding tert-OH is 1. The van der Waals surface area contributed by atoms with E-state index in [9.17, 15) is 18.3 Å². The Morgan fingerprint density at radius 2 is 1.74 bits per heavy atom. The van der Waals surface area contributed by atoms with Gasteiger partial charge in [0.1, 0.15) is 41.8 Å². The molecule has 5 heterocycles. The average Bonchev–Trinajstić information content (AvgIpc) is 3.55. The highest BCUT2D eigenvalue weighted by Crippen LogP contribution is 2.39. The van der Waals surface area contributed by atoms with E-state index in [1.807, 2.05) is 0 Å². The molecule has 11 nitrogen and oxygen atoms in total. The van der Waals surface area contributed by atoms with E-state index >= 15 is 0 Å². The summed E-state index contributed by atoms with van der Waals surface area (Å²) in [6, 6.07) is 6.20. The van der Waals surface area contributed by atoms with Crippen LogP contribution in [0.2, 0.25) is 0 Å². The van der Waals surface area contributed by atoms with E-state index in [-0.39, 0.29) is 42.7 Å². The number of benzene rings is 1. The van der Waals surface area contributed by atoms with Crippen LogP contribution in [0.4, 0.5) is 0 Å². The maximum Gasteiger partial charge on any atom is 0.256 e. The highest BCUT2D eigenvalue weighted by Gasteiger charge is 2.45. The lowest BCUT2D eigenvalue weighted by atomic mass is 9.41. The van der Waals surface area contributed by atoms with Gasteiger partial charge in [-0.3, -0.25) is 4.79 Å². The zero-order chi connectivity index (χ0) is 27.9. The van der Waals surface area contributed by atoms with Gasteiger partial charge in [-0.2, -0.15) is 4.31 Å². The molecule has 1 aromatic carbocycles. The van der Waals surface area contributed by atoms with Gasteiger partial charge in [-0.1, -0.05) is 12.1 Å². The number of carbonyl (C=O) groups excluding carboxylic acids is 1. The van der Waals surface area contributed by atoms with Crippen LogP contribution in [0.25, 0.3) is 11.1 Å². The van der Waals surface area contributed by atoms with E-state index < -0.39 is 32.8 Å². The number of sulfonamides is 1. The molecular formula is C23H18B4N4O7S. The molecule has 16 heteroatoms. The lowest BCUT2D eigenvalue weighted by Crippen LogP contribution is -2.65. The first-order valence-electron chi connectivity index (χ1n) is 11.8. The molecule has 3 aliphatic rings. The summed E-state index contributed by atoms with van der Waals surface area (Å²) in [5, 5.41) is 6.62. The van der Waals surface area contributed by atoms with Crippen LogP contribution < -0.4 is 9.47 Å². The maximum absolute atomic E-state index is 13.4. The van der Waals surface area contributed by atoms with Crippen LogP contribution in [0.1, 0.15) is 17.6 Å². The zero-order valence-electron chi connectivity index (χ0n) is 20.7. The predicted octanol–water partition coefficient (Wildman–Crippen LogP) is -0.839. The number of ether oxygens (including phenoxy) is 2. The standard InChI is InChI=1S/C23H18B4N4O7S/c1-11-29-18-15(3-2-4-16(18)36-11)19(32)21(33)30-7-12-9-31(10-13(12)8-30)39(34,35)14-5-17-20(28-6-14)38-23(26,27)22(24,25)37-17/h2-6,19,32H,7-10H2,1H3. The molecule has 0 spiro atoms. The number of amides is 1. The van der Waals surface area contributed by atoms with E-state index in [4.69, 9.17) is 45.3 Å². The average molecular weight is 538 g/mol. The molecular weight excluding hydrogens is 520 g/mol. The van der Waals surface area contributed by atoms with Crippen LogP contribution in [0.15, 0.2) is 50.9 Å². The first kappa shape index (κ1) is 26.0. The molecule has 1 N–H and O–H groups in total. The second-order valence-electron chi connectivity index (χ2n) is 9.77. The predicted molar refractivity (Wildman–Crippen MR) is 140 cm³/mol. The number of aryl methyl sites for hydroxylation is 1. The SMILES string of the molecule is [B]C1([B])Oc2cc(S(=O)(=O)N3CC4=C(CN(C(=O)C(O)c5cccc6oc(C)nc56)C4)C3)cnc2OC1([B])[B]. The van der Waals surface area contributed by atoms with Gasteiger partial charge in [-0.05, 0) is 17.2 Å². The quantitative estimate of drug-likeness (QED) is 0.334. The minimum absolute atomic E-state index is 0.0659. The van der Waals surface area contributed by atoms with Crippen LogP contribution >= 0.6 is 0 Å². The molecule has 39 heavy (non-hydrogen) atoms. The van der Waals surface area contributed by atoms with Crippen LogP contribution in [-0.4, -0.2) is 107 Å². The molecule has 1 atom stereocenters. The normalized spacial score (nSPS) is 20.8. The number of hydrogen-bond acceptors (Lipinski definition) is 9. The summed E-state index contributed by atoms with van der Waals surface area (Å²) in [4.78, 5) is 22.7. The molecule has 190 valence electrons. The number of hydrogen-bond donors (Lipinski definition) is 1. The van der Waals surface area contributed by atoms with Gasteiger partial charge in [-0.15, -0.1) is 0 Å². The Labute approximate surface area is 229 Å². The third kappa shape index (κ3) is 4.16. The lowest BCUT2D eigenvalue weighted by Gasteiger charge is -2.47. The van der Waals surface area contributed by atoms with Crippen LogP contribution in [-0.2, 0) is 14.8 Å². The van der Waals surface area contributed by atoms with Crippen LogP contribution in [0.5, 0.6) is 11.6 Å². The van der Waals surface area contributed by atoms with Crippen molar-refractivity contribution < 1.29 is 32.2 Å². The number of carbonyl (C=O) groups is 1. The summed E-state index contributed by atoms with van der Waals surface area (Å²) in [6.45, 7) is 2.18. The number of rotatable bonds is 4. The fourth-order valence-electron chi connectivity index (χ4n) is 4.83. The zero-order valence-corrected chi connectivity index (χ0v) is 21.5. The third-order valence-corrected chi connectivity index (χ3v) is 8.74. The molecule has 3 aromatic rings. The van der Waals surface area contributed by atoms with Gasteiger partial charge in [0.25, 0.3) is 11.8 Å². The number of fused-ring (bicyclic) bond motifs is 2. The molecule has 1 amide bonds. The molecule has 0 saturated carbocycles. The summed E-state index contributed by atoms with van der Waals surface area (Å²) in [5.74, 6) is -0.372. The van der Waals surface area contributed by atoms with Crippen molar-refractivity contribution in [2.45, 2.75) is 28.7 Å². The fraction of sp³-hybridized carbons (Fsp3) is 0.348. The van der Waals surface area contributed by atoms with Crippen molar-refractivity contribution in [3.05, 3.63) is 53.1 Å². The maximum atomic E-state index is 13.4. The Morgan fingerprint density at radius 3 is 2.44 bits per heavy atom. The summed E-state index contributed by atoms with van der Waals surface area (Å²) in [6.07, 6.45) is -0.352. The first-order valence-corrected chi connectivity index (χ1v) is 13.3.